The van der Waals surface area contributed by atoms with Gasteiger partial charge >= 0.3 is 0 Å². The lowest BCUT2D eigenvalue weighted by molar-refractivity contribution is -0.139. The zero-order valence-corrected chi connectivity index (χ0v) is 16.4. The van der Waals surface area contributed by atoms with Gasteiger partial charge in [-0.3, -0.25) is 4.79 Å². The standard InChI is InChI=1S/C21H21ClN4O3/c22-13-7-12-8-18(21(28)26-6-5-23-14(10-26)11-27)29-19(12)17(9-13)15-1-3-24-20-16(15)2-4-25-20/h1-4,7,9,14,18,23,27H,5-6,8,10-11H2,(H,24,25)/t14-,18?/m1/s1. The van der Waals surface area contributed by atoms with Crippen molar-refractivity contribution in [3.8, 4) is 16.9 Å². The van der Waals surface area contributed by atoms with Crippen LogP contribution in [0.5, 0.6) is 5.75 Å². The normalized spacial score (nSPS) is 21.2. The summed E-state index contributed by atoms with van der Waals surface area (Å²) in [5, 5.41) is 14.2. The maximum absolute atomic E-state index is 13.1. The fourth-order valence-corrected chi connectivity index (χ4v) is 4.45. The highest BCUT2D eigenvalue weighted by molar-refractivity contribution is 6.31. The Hall–Kier alpha value is -2.61. The van der Waals surface area contributed by atoms with E-state index < -0.39 is 6.10 Å². The van der Waals surface area contributed by atoms with Gasteiger partial charge in [0.2, 0.25) is 0 Å². The van der Waals surface area contributed by atoms with Crippen molar-refractivity contribution < 1.29 is 14.6 Å². The Morgan fingerprint density at radius 1 is 1.34 bits per heavy atom. The molecule has 2 aliphatic heterocycles. The number of halogens is 1. The first-order chi connectivity index (χ1) is 14.1. The SMILES string of the molecule is O=C(C1Cc2cc(Cl)cc(-c3ccnc4[nH]ccc34)c2O1)N1CCN[C@@H](CO)C1. The van der Waals surface area contributed by atoms with E-state index in [0.29, 0.717) is 36.8 Å². The van der Waals surface area contributed by atoms with Gasteiger partial charge in [-0.15, -0.1) is 0 Å². The van der Waals surface area contributed by atoms with Gasteiger partial charge in [0.25, 0.3) is 5.91 Å². The molecule has 29 heavy (non-hydrogen) atoms. The summed E-state index contributed by atoms with van der Waals surface area (Å²) in [4.78, 5) is 22.3. The number of amides is 1. The number of rotatable bonds is 3. The number of H-pyrrole nitrogens is 1. The highest BCUT2D eigenvalue weighted by Gasteiger charge is 2.36. The molecule has 3 aromatic rings. The zero-order valence-electron chi connectivity index (χ0n) is 15.7. The molecule has 1 amide bonds. The van der Waals surface area contributed by atoms with Crippen LogP contribution in [-0.2, 0) is 11.2 Å². The summed E-state index contributed by atoms with van der Waals surface area (Å²) in [6.45, 7) is 1.75. The summed E-state index contributed by atoms with van der Waals surface area (Å²) in [5.41, 5.74) is 3.55. The van der Waals surface area contributed by atoms with Crippen LogP contribution < -0.4 is 10.1 Å². The highest BCUT2D eigenvalue weighted by Crippen LogP contribution is 2.43. The number of hydrogen-bond donors (Lipinski definition) is 3. The number of carbonyl (C=O) groups excluding carboxylic acids is 1. The largest absolute Gasteiger partial charge is 0.479 e. The molecule has 2 aromatic heterocycles. The number of aromatic amines is 1. The number of nitrogens with zero attached hydrogens (tertiary/aromatic N) is 2. The second-order valence-corrected chi connectivity index (χ2v) is 7.90. The smallest absolute Gasteiger partial charge is 0.264 e. The van der Waals surface area contributed by atoms with Crippen molar-refractivity contribution >= 4 is 28.5 Å². The average Bonchev–Trinajstić information content (AvgIpc) is 3.39. The van der Waals surface area contributed by atoms with E-state index in [9.17, 15) is 9.90 Å². The van der Waals surface area contributed by atoms with Crippen LogP contribution >= 0.6 is 11.6 Å². The minimum atomic E-state index is -0.580. The number of carbonyl (C=O) groups is 1. The molecule has 2 aliphatic rings. The maximum atomic E-state index is 13.1. The van der Waals surface area contributed by atoms with Crippen molar-refractivity contribution in [3.05, 3.63) is 47.2 Å². The number of aliphatic hydroxyl groups excluding tert-OH is 1. The Balaban J connectivity index is 1.47. The lowest BCUT2D eigenvalue weighted by Crippen LogP contribution is -2.56. The number of nitrogens with one attached hydrogen (secondary N) is 2. The molecule has 4 heterocycles. The van der Waals surface area contributed by atoms with Crippen molar-refractivity contribution in [2.24, 2.45) is 0 Å². The molecule has 1 unspecified atom stereocenters. The molecule has 0 bridgehead atoms. The molecule has 3 N–H and O–H groups in total. The number of piperazine rings is 1. The summed E-state index contributed by atoms with van der Waals surface area (Å²) in [5.74, 6) is 0.653. The number of hydrogen-bond acceptors (Lipinski definition) is 5. The monoisotopic (exact) mass is 412 g/mol. The topological polar surface area (TPSA) is 90.5 Å². The number of pyridine rings is 1. The molecular weight excluding hydrogens is 392 g/mol. The molecule has 1 fully saturated rings. The van der Waals surface area contributed by atoms with Crippen LogP contribution in [0, 0.1) is 0 Å². The van der Waals surface area contributed by atoms with Gasteiger partial charge in [-0.2, -0.15) is 0 Å². The van der Waals surface area contributed by atoms with Crippen LogP contribution in [-0.4, -0.2) is 64.3 Å². The van der Waals surface area contributed by atoms with Gasteiger partial charge in [0.05, 0.1) is 6.61 Å². The fraction of sp³-hybridized carbons (Fsp3) is 0.333. The summed E-state index contributed by atoms with van der Waals surface area (Å²) < 4.78 is 6.19. The lowest BCUT2D eigenvalue weighted by atomic mass is 9.99. The summed E-state index contributed by atoms with van der Waals surface area (Å²) in [6.07, 6.45) is 3.50. The van der Waals surface area contributed by atoms with Crippen LogP contribution in [0.25, 0.3) is 22.2 Å². The second kappa shape index (κ2) is 7.33. The molecular formula is C21H21ClN4O3. The van der Waals surface area contributed by atoms with Crippen molar-refractivity contribution in [3.63, 3.8) is 0 Å². The van der Waals surface area contributed by atoms with Gasteiger partial charge in [0.1, 0.15) is 11.4 Å². The van der Waals surface area contributed by atoms with Crippen molar-refractivity contribution in [2.75, 3.05) is 26.2 Å². The minimum absolute atomic E-state index is 0.00396. The van der Waals surface area contributed by atoms with E-state index in [2.05, 4.69) is 15.3 Å². The number of aromatic nitrogens is 2. The first-order valence-corrected chi connectivity index (χ1v) is 10.1. The maximum Gasteiger partial charge on any atom is 0.264 e. The van der Waals surface area contributed by atoms with Gasteiger partial charge in [0, 0.05) is 66.0 Å². The van der Waals surface area contributed by atoms with Crippen molar-refractivity contribution in [1.82, 2.24) is 20.2 Å². The van der Waals surface area contributed by atoms with E-state index in [1.165, 1.54) is 0 Å². The van der Waals surface area contributed by atoms with Gasteiger partial charge in [-0.1, -0.05) is 11.6 Å². The molecule has 1 aromatic carbocycles. The van der Waals surface area contributed by atoms with Gasteiger partial charge in [-0.25, -0.2) is 4.98 Å². The molecule has 0 saturated carbocycles. The van der Waals surface area contributed by atoms with Crippen molar-refractivity contribution in [1.29, 1.82) is 0 Å². The van der Waals surface area contributed by atoms with E-state index in [1.807, 2.05) is 30.5 Å². The van der Waals surface area contributed by atoms with Crippen LogP contribution in [0.15, 0.2) is 36.7 Å². The zero-order chi connectivity index (χ0) is 20.0. The van der Waals surface area contributed by atoms with Gasteiger partial charge in [-0.05, 0) is 29.8 Å². The third kappa shape index (κ3) is 3.25. The fourth-order valence-electron chi connectivity index (χ4n) is 4.21. The van der Waals surface area contributed by atoms with E-state index >= 15 is 0 Å². The third-order valence-electron chi connectivity index (χ3n) is 5.61. The van der Waals surface area contributed by atoms with Crippen LogP contribution in [0.4, 0.5) is 0 Å². The number of ether oxygens (including phenoxy) is 1. The number of benzene rings is 1. The first kappa shape index (κ1) is 18.4. The molecule has 1 saturated heterocycles. The molecule has 150 valence electrons. The Morgan fingerprint density at radius 2 is 2.24 bits per heavy atom. The summed E-state index contributed by atoms with van der Waals surface area (Å²) in [6, 6.07) is 7.56. The minimum Gasteiger partial charge on any atom is -0.479 e. The molecule has 0 radical (unpaired) electrons. The van der Waals surface area contributed by atoms with E-state index in [1.54, 1.807) is 11.1 Å². The average molecular weight is 413 g/mol. The quantitative estimate of drug-likeness (QED) is 0.612. The molecule has 0 aliphatic carbocycles. The molecule has 5 rings (SSSR count). The summed E-state index contributed by atoms with van der Waals surface area (Å²) in [7, 11) is 0. The first-order valence-electron chi connectivity index (χ1n) is 9.68. The van der Waals surface area contributed by atoms with Crippen LogP contribution in [0.2, 0.25) is 5.02 Å². The number of aliphatic hydroxyl groups is 1. The van der Waals surface area contributed by atoms with E-state index in [0.717, 1.165) is 27.7 Å². The van der Waals surface area contributed by atoms with Gasteiger partial charge in [0.15, 0.2) is 6.10 Å². The Kier molecular flexibility index (Phi) is 4.66. The second-order valence-electron chi connectivity index (χ2n) is 7.47. The Morgan fingerprint density at radius 3 is 3.10 bits per heavy atom. The van der Waals surface area contributed by atoms with E-state index in [4.69, 9.17) is 16.3 Å². The van der Waals surface area contributed by atoms with E-state index in [-0.39, 0.29) is 18.6 Å². The van der Waals surface area contributed by atoms with Crippen molar-refractivity contribution in [2.45, 2.75) is 18.6 Å². The predicted octanol–water partition coefficient (Wildman–Crippen LogP) is 1.98. The van der Waals surface area contributed by atoms with Gasteiger partial charge < -0.3 is 25.0 Å². The predicted molar refractivity (Wildman–Crippen MR) is 110 cm³/mol. The van der Waals surface area contributed by atoms with Crippen LogP contribution in [0.1, 0.15) is 5.56 Å². The number of fused-ring (bicyclic) bond motifs is 2. The van der Waals surface area contributed by atoms with Crippen LogP contribution in [0.3, 0.4) is 0 Å². The molecule has 0 spiro atoms. The molecule has 2 atom stereocenters. The Bertz CT molecular complexity index is 1080. The lowest BCUT2D eigenvalue weighted by Gasteiger charge is -2.34. The highest BCUT2D eigenvalue weighted by atomic mass is 35.5. The molecule has 7 nitrogen and oxygen atoms in total. The molecule has 8 heteroatoms. The Labute approximate surface area is 172 Å². The third-order valence-corrected chi connectivity index (χ3v) is 5.83. The summed E-state index contributed by atoms with van der Waals surface area (Å²) >= 11 is 6.41.